The van der Waals surface area contributed by atoms with Crippen LogP contribution in [0.4, 0.5) is 0 Å². The molecule has 0 aliphatic heterocycles. The number of hydrogen-bond donors (Lipinski definition) is 1. The predicted molar refractivity (Wildman–Crippen MR) is 73.4 cm³/mol. The van der Waals surface area contributed by atoms with Crippen LogP contribution in [-0.2, 0) is 14.6 Å². The van der Waals surface area contributed by atoms with Crippen LogP contribution >= 0.6 is 0 Å². The second-order valence-electron chi connectivity index (χ2n) is 4.36. The molecule has 0 amide bonds. The molecule has 0 spiro atoms. The molecule has 0 saturated heterocycles. The van der Waals surface area contributed by atoms with Gasteiger partial charge in [-0.05, 0) is 18.5 Å². The minimum absolute atomic E-state index is 0.107. The molecule has 0 heterocycles. The van der Waals surface area contributed by atoms with E-state index < -0.39 is 9.84 Å². The fraction of sp³-hybridized carbons (Fsp3) is 0.538. The second kappa shape index (κ2) is 7.51. The quantitative estimate of drug-likeness (QED) is 0.726. The van der Waals surface area contributed by atoms with Crippen LogP contribution in [0.3, 0.4) is 0 Å². The highest BCUT2D eigenvalue weighted by molar-refractivity contribution is 7.90. The van der Waals surface area contributed by atoms with Gasteiger partial charge in [0.25, 0.3) is 0 Å². The van der Waals surface area contributed by atoms with Crippen molar-refractivity contribution < 1.29 is 13.2 Å². The average molecular weight is 271 g/mol. The molecule has 0 aliphatic rings. The van der Waals surface area contributed by atoms with Crippen LogP contribution in [0.5, 0.6) is 0 Å². The first-order valence-corrected chi connectivity index (χ1v) is 8.04. The van der Waals surface area contributed by atoms with Gasteiger partial charge in [0.2, 0.25) is 0 Å². The highest BCUT2D eigenvalue weighted by Crippen LogP contribution is 2.12. The fourth-order valence-electron chi connectivity index (χ4n) is 1.74. The standard InChI is InChI=1S/C13H21NO3S/c1-17-11-13(12-7-4-3-5-8-12)14-9-6-10-18(2,15)16/h3-5,7-8,13-14H,6,9-11H2,1-2H3. The summed E-state index contributed by atoms with van der Waals surface area (Å²) in [7, 11) is -1.21. The van der Waals surface area contributed by atoms with Gasteiger partial charge in [-0.25, -0.2) is 8.42 Å². The Morgan fingerprint density at radius 2 is 1.94 bits per heavy atom. The van der Waals surface area contributed by atoms with Crippen molar-refractivity contribution in [1.29, 1.82) is 0 Å². The van der Waals surface area contributed by atoms with Crippen molar-refractivity contribution in [2.24, 2.45) is 0 Å². The van der Waals surface area contributed by atoms with Crippen molar-refractivity contribution in [3.05, 3.63) is 35.9 Å². The summed E-state index contributed by atoms with van der Waals surface area (Å²) in [6.45, 7) is 1.23. The zero-order valence-corrected chi connectivity index (χ0v) is 11.7. The van der Waals surface area contributed by atoms with Gasteiger partial charge in [-0.15, -0.1) is 0 Å². The molecule has 1 unspecified atom stereocenters. The largest absolute Gasteiger partial charge is 0.383 e. The monoisotopic (exact) mass is 271 g/mol. The summed E-state index contributed by atoms with van der Waals surface area (Å²) in [6, 6.07) is 10.1. The lowest BCUT2D eigenvalue weighted by Crippen LogP contribution is -2.27. The maximum Gasteiger partial charge on any atom is 0.147 e. The lowest BCUT2D eigenvalue weighted by Gasteiger charge is -2.18. The molecule has 0 radical (unpaired) electrons. The van der Waals surface area contributed by atoms with E-state index in [4.69, 9.17) is 4.74 Å². The molecule has 0 bridgehead atoms. The Morgan fingerprint density at radius 1 is 1.28 bits per heavy atom. The third-order valence-electron chi connectivity index (χ3n) is 2.62. The predicted octanol–water partition coefficient (Wildman–Crippen LogP) is 1.40. The van der Waals surface area contributed by atoms with Gasteiger partial charge in [-0.3, -0.25) is 0 Å². The molecular formula is C13H21NO3S. The van der Waals surface area contributed by atoms with E-state index in [9.17, 15) is 8.42 Å². The molecule has 1 aromatic rings. The summed E-state index contributed by atoms with van der Waals surface area (Å²) in [5.41, 5.74) is 1.15. The van der Waals surface area contributed by atoms with E-state index in [0.29, 0.717) is 19.6 Å². The van der Waals surface area contributed by atoms with Crippen molar-refractivity contribution in [2.45, 2.75) is 12.5 Å². The van der Waals surface area contributed by atoms with Gasteiger partial charge in [0.15, 0.2) is 0 Å². The number of methoxy groups -OCH3 is 1. The maximum absolute atomic E-state index is 11.0. The molecule has 0 saturated carbocycles. The Hall–Kier alpha value is -0.910. The van der Waals surface area contributed by atoms with E-state index >= 15 is 0 Å². The van der Waals surface area contributed by atoms with E-state index in [1.165, 1.54) is 6.26 Å². The van der Waals surface area contributed by atoms with Gasteiger partial charge in [0, 0.05) is 13.4 Å². The zero-order chi connectivity index (χ0) is 13.4. The van der Waals surface area contributed by atoms with Crippen LogP contribution in [0.2, 0.25) is 0 Å². The summed E-state index contributed by atoms with van der Waals surface area (Å²) < 4.78 is 27.2. The van der Waals surface area contributed by atoms with Gasteiger partial charge >= 0.3 is 0 Å². The summed E-state index contributed by atoms with van der Waals surface area (Å²) in [5, 5.41) is 3.32. The Kier molecular flexibility index (Phi) is 6.32. The Bertz CT molecular complexity index is 431. The highest BCUT2D eigenvalue weighted by atomic mass is 32.2. The van der Waals surface area contributed by atoms with Gasteiger partial charge < -0.3 is 10.1 Å². The second-order valence-corrected chi connectivity index (χ2v) is 6.62. The molecule has 4 nitrogen and oxygen atoms in total. The molecule has 0 fully saturated rings. The maximum atomic E-state index is 11.0. The molecule has 1 N–H and O–H groups in total. The van der Waals surface area contributed by atoms with Gasteiger partial charge in [0.1, 0.15) is 9.84 Å². The number of sulfone groups is 1. The molecule has 18 heavy (non-hydrogen) atoms. The minimum Gasteiger partial charge on any atom is -0.383 e. The van der Waals surface area contributed by atoms with Crippen molar-refractivity contribution in [1.82, 2.24) is 5.32 Å². The molecule has 1 aromatic carbocycles. The van der Waals surface area contributed by atoms with Crippen LogP contribution < -0.4 is 5.32 Å². The first-order valence-electron chi connectivity index (χ1n) is 5.98. The normalized spacial score (nSPS) is 13.4. The molecule has 0 aromatic heterocycles. The number of ether oxygens (including phenoxy) is 1. The topological polar surface area (TPSA) is 55.4 Å². The molecule has 1 atom stereocenters. The van der Waals surface area contributed by atoms with E-state index in [1.807, 2.05) is 30.3 Å². The van der Waals surface area contributed by atoms with Crippen LogP contribution in [0.1, 0.15) is 18.0 Å². The smallest absolute Gasteiger partial charge is 0.147 e. The van der Waals surface area contributed by atoms with Crippen molar-refractivity contribution in [2.75, 3.05) is 32.3 Å². The molecular weight excluding hydrogens is 250 g/mol. The van der Waals surface area contributed by atoms with E-state index in [-0.39, 0.29) is 11.8 Å². The molecule has 1 rings (SSSR count). The fourth-order valence-corrected chi connectivity index (χ4v) is 2.40. The summed E-state index contributed by atoms with van der Waals surface area (Å²) in [6.07, 6.45) is 1.88. The van der Waals surface area contributed by atoms with E-state index in [0.717, 1.165) is 5.56 Å². The van der Waals surface area contributed by atoms with Crippen LogP contribution in [0.25, 0.3) is 0 Å². The van der Waals surface area contributed by atoms with Crippen LogP contribution in [0, 0.1) is 0 Å². The lowest BCUT2D eigenvalue weighted by molar-refractivity contribution is 0.167. The first-order chi connectivity index (χ1) is 8.53. The van der Waals surface area contributed by atoms with Crippen molar-refractivity contribution in [3.8, 4) is 0 Å². The Labute approximate surface area is 109 Å². The van der Waals surface area contributed by atoms with Gasteiger partial charge in [-0.1, -0.05) is 30.3 Å². The van der Waals surface area contributed by atoms with E-state index in [2.05, 4.69) is 5.32 Å². The van der Waals surface area contributed by atoms with Crippen LogP contribution in [0.15, 0.2) is 30.3 Å². The SMILES string of the molecule is COCC(NCCCS(C)(=O)=O)c1ccccc1. The summed E-state index contributed by atoms with van der Waals surface area (Å²) >= 11 is 0. The number of nitrogens with one attached hydrogen (secondary N) is 1. The highest BCUT2D eigenvalue weighted by Gasteiger charge is 2.10. The van der Waals surface area contributed by atoms with Crippen LogP contribution in [-0.4, -0.2) is 40.7 Å². The molecule has 5 heteroatoms. The van der Waals surface area contributed by atoms with E-state index in [1.54, 1.807) is 7.11 Å². The molecule has 102 valence electrons. The minimum atomic E-state index is -2.87. The Balaban J connectivity index is 2.44. The van der Waals surface area contributed by atoms with Crippen molar-refractivity contribution in [3.63, 3.8) is 0 Å². The first kappa shape index (κ1) is 15.1. The summed E-state index contributed by atoms with van der Waals surface area (Å²) in [4.78, 5) is 0. The lowest BCUT2D eigenvalue weighted by atomic mass is 10.1. The van der Waals surface area contributed by atoms with Crippen molar-refractivity contribution >= 4 is 9.84 Å². The summed E-state index contributed by atoms with van der Waals surface area (Å²) in [5.74, 6) is 0.217. The number of hydrogen-bond acceptors (Lipinski definition) is 4. The van der Waals surface area contributed by atoms with Gasteiger partial charge in [-0.2, -0.15) is 0 Å². The molecule has 0 aliphatic carbocycles. The third-order valence-corrected chi connectivity index (χ3v) is 3.65. The third kappa shape index (κ3) is 6.14. The number of benzene rings is 1. The zero-order valence-electron chi connectivity index (χ0n) is 10.9. The van der Waals surface area contributed by atoms with Gasteiger partial charge in [0.05, 0.1) is 18.4 Å². The Morgan fingerprint density at radius 3 is 2.50 bits per heavy atom. The number of rotatable bonds is 8. The average Bonchev–Trinajstić information content (AvgIpc) is 2.33.